The van der Waals surface area contributed by atoms with Gasteiger partial charge >= 0.3 is 5.97 Å². The summed E-state index contributed by atoms with van der Waals surface area (Å²) in [5.74, 6) is -0.480. The number of hydrogen-bond donors (Lipinski definition) is 2. The number of carboxylic acids is 1. The second kappa shape index (κ2) is 4.29. The van der Waals surface area contributed by atoms with E-state index in [1.165, 1.54) is 5.56 Å². The van der Waals surface area contributed by atoms with Crippen molar-refractivity contribution < 1.29 is 9.90 Å². The van der Waals surface area contributed by atoms with Gasteiger partial charge in [-0.15, -0.1) is 0 Å². The third-order valence-corrected chi connectivity index (χ3v) is 3.62. The summed E-state index contributed by atoms with van der Waals surface area (Å²) < 4.78 is 0. The van der Waals surface area contributed by atoms with Crippen LogP contribution in [0.15, 0.2) is 30.3 Å². The van der Waals surface area contributed by atoms with Gasteiger partial charge in [-0.05, 0) is 30.7 Å². The maximum atomic E-state index is 11.0. The lowest BCUT2D eigenvalue weighted by Crippen LogP contribution is -2.14. The average Bonchev–Trinajstić information content (AvgIpc) is 2.82. The molecule has 1 aromatic carbocycles. The summed E-state index contributed by atoms with van der Waals surface area (Å²) in [6.45, 7) is 0. The standard InChI is InChI=1S/C14H14N2O2/c17-14(18)13-11-7-6-10(8-12(11)15-16-13)9-4-2-1-3-5-9/h1-5,10H,6-8H2,(H,15,16)(H,17,18). The molecule has 0 aliphatic heterocycles. The van der Waals surface area contributed by atoms with Crippen LogP contribution in [0.5, 0.6) is 0 Å². The van der Waals surface area contributed by atoms with E-state index in [0.717, 1.165) is 30.5 Å². The first-order chi connectivity index (χ1) is 8.75. The van der Waals surface area contributed by atoms with Gasteiger partial charge in [-0.1, -0.05) is 30.3 Å². The Labute approximate surface area is 105 Å². The van der Waals surface area contributed by atoms with Crippen molar-refractivity contribution in [1.82, 2.24) is 10.2 Å². The van der Waals surface area contributed by atoms with Gasteiger partial charge in [0.05, 0.1) is 0 Å². The molecule has 2 N–H and O–H groups in total. The maximum Gasteiger partial charge on any atom is 0.356 e. The Morgan fingerprint density at radius 2 is 2.11 bits per heavy atom. The number of hydrogen-bond acceptors (Lipinski definition) is 2. The van der Waals surface area contributed by atoms with Crippen LogP contribution in [0.2, 0.25) is 0 Å². The smallest absolute Gasteiger partial charge is 0.356 e. The number of aromatic carboxylic acids is 1. The molecule has 0 saturated heterocycles. The van der Waals surface area contributed by atoms with E-state index < -0.39 is 5.97 Å². The quantitative estimate of drug-likeness (QED) is 0.849. The highest BCUT2D eigenvalue weighted by Crippen LogP contribution is 2.32. The van der Waals surface area contributed by atoms with E-state index in [-0.39, 0.29) is 5.69 Å². The molecule has 0 amide bonds. The molecule has 0 radical (unpaired) electrons. The van der Waals surface area contributed by atoms with Crippen LogP contribution in [0, 0.1) is 0 Å². The summed E-state index contributed by atoms with van der Waals surface area (Å²) in [5, 5.41) is 15.8. The lowest BCUT2D eigenvalue weighted by atomic mass is 9.82. The molecule has 1 heterocycles. The molecule has 4 nitrogen and oxygen atoms in total. The number of benzene rings is 1. The molecule has 0 spiro atoms. The van der Waals surface area contributed by atoms with E-state index in [1.807, 2.05) is 18.2 Å². The fraction of sp³-hybridized carbons (Fsp3) is 0.286. The predicted molar refractivity (Wildman–Crippen MR) is 66.8 cm³/mol. The van der Waals surface area contributed by atoms with Crippen molar-refractivity contribution in [2.45, 2.75) is 25.2 Å². The van der Waals surface area contributed by atoms with Gasteiger partial charge in [-0.2, -0.15) is 5.10 Å². The summed E-state index contributed by atoms with van der Waals surface area (Å²) in [4.78, 5) is 11.0. The number of carboxylic acid groups (broad SMARTS) is 1. The minimum atomic E-state index is -0.939. The van der Waals surface area contributed by atoms with Gasteiger partial charge in [0.1, 0.15) is 0 Å². The number of fused-ring (bicyclic) bond motifs is 1. The first kappa shape index (κ1) is 11.0. The minimum absolute atomic E-state index is 0.191. The van der Waals surface area contributed by atoms with Crippen molar-refractivity contribution >= 4 is 5.97 Å². The van der Waals surface area contributed by atoms with Crippen LogP contribution in [-0.4, -0.2) is 21.3 Å². The molecule has 3 rings (SSSR count). The predicted octanol–water partition coefficient (Wildman–Crippen LogP) is 2.38. The van der Waals surface area contributed by atoms with Crippen LogP contribution >= 0.6 is 0 Å². The third kappa shape index (κ3) is 1.79. The van der Waals surface area contributed by atoms with Gasteiger partial charge in [-0.25, -0.2) is 4.79 Å². The number of rotatable bonds is 2. The van der Waals surface area contributed by atoms with Crippen LogP contribution in [-0.2, 0) is 12.8 Å². The molecule has 18 heavy (non-hydrogen) atoms. The topological polar surface area (TPSA) is 66.0 Å². The second-order valence-corrected chi connectivity index (χ2v) is 4.68. The molecular weight excluding hydrogens is 228 g/mol. The molecule has 1 aromatic heterocycles. The van der Waals surface area contributed by atoms with E-state index in [2.05, 4.69) is 22.3 Å². The number of aromatic amines is 1. The second-order valence-electron chi connectivity index (χ2n) is 4.68. The molecular formula is C14H14N2O2. The monoisotopic (exact) mass is 242 g/mol. The van der Waals surface area contributed by atoms with Crippen molar-refractivity contribution in [2.24, 2.45) is 0 Å². The van der Waals surface area contributed by atoms with E-state index in [9.17, 15) is 4.79 Å². The number of nitrogens with one attached hydrogen (secondary N) is 1. The van der Waals surface area contributed by atoms with Crippen LogP contribution in [0.1, 0.15) is 39.6 Å². The number of aromatic nitrogens is 2. The average molecular weight is 242 g/mol. The van der Waals surface area contributed by atoms with Crippen LogP contribution in [0.3, 0.4) is 0 Å². The van der Waals surface area contributed by atoms with Gasteiger partial charge in [0.15, 0.2) is 5.69 Å². The van der Waals surface area contributed by atoms with Crippen LogP contribution < -0.4 is 0 Å². The highest BCUT2D eigenvalue weighted by atomic mass is 16.4. The zero-order valence-corrected chi connectivity index (χ0v) is 9.89. The van der Waals surface area contributed by atoms with Gasteiger partial charge in [0.25, 0.3) is 0 Å². The van der Waals surface area contributed by atoms with Crippen LogP contribution in [0.25, 0.3) is 0 Å². The van der Waals surface area contributed by atoms with Crippen molar-refractivity contribution in [1.29, 1.82) is 0 Å². The summed E-state index contributed by atoms with van der Waals surface area (Å²) in [6, 6.07) is 10.4. The normalized spacial score (nSPS) is 18.3. The summed E-state index contributed by atoms with van der Waals surface area (Å²) in [5.41, 5.74) is 3.37. The van der Waals surface area contributed by atoms with E-state index in [4.69, 9.17) is 5.11 Å². The molecule has 1 unspecified atom stereocenters. The summed E-state index contributed by atoms with van der Waals surface area (Å²) in [7, 11) is 0. The largest absolute Gasteiger partial charge is 0.476 e. The fourth-order valence-corrected chi connectivity index (χ4v) is 2.69. The molecule has 0 saturated carbocycles. The first-order valence-corrected chi connectivity index (χ1v) is 6.10. The summed E-state index contributed by atoms with van der Waals surface area (Å²) in [6.07, 6.45) is 2.61. The SMILES string of the molecule is O=C(O)c1n[nH]c2c1CCC(c1ccccc1)C2. The Morgan fingerprint density at radius 3 is 2.83 bits per heavy atom. The van der Waals surface area contributed by atoms with E-state index in [1.54, 1.807) is 0 Å². The third-order valence-electron chi connectivity index (χ3n) is 3.62. The number of H-pyrrole nitrogens is 1. The molecule has 92 valence electrons. The van der Waals surface area contributed by atoms with Crippen molar-refractivity contribution in [3.8, 4) is 0 Å². The Balaban J connectivity index is 1.89. The molecule has 4 heteroatoms. The first-order valence-electron chi connectivity index (χ1n) is 6.10. The highest BCUT2D eigenvalue weighted by molar-refractivity contribution is 5.87. The molecule has 1 atom stereocenters. The Morgan fingerprint density at radius 1 is 1.33 bits per heavy atom. The minimum Gasteiger partial charge on any atom is -0.476 e. The van der Waals surface area contributed by atoms with Gasteiger partial charge < -0.3 is 5.11 Å². The zero-order valence-electron chi connectivity index (χ0n) is 9.89. The van der Waals surface area contributed by atoms with Crippen LogP contribution in [0.4, 0.5) is 0 Å². The van der Waals surface area contributed by atoms with Gasteiger partial charge in [0, 0.05) is 11.3 Å². The van der Waals surface area contributed by atoms with Crippen molar-refractivity contribution in [3.05, 3.63) is 52.8 Å². The highest BCUT2D eigenvalue weighted by Gasteiger charge is 2.26. The molecule has 2 aromatic rings. The fourth-order valence-electron chi connectivity index (χ4n) is 2.69. The molecule has 1 aliphatic carbocycles. The van der Waals surface area contributed by atoms with Crippen molar-refractivity contribution in [3.63, 3.8) is 0 Å². The van der Waals surface area contributed by atoms with Gasteiger partial charge in [0.2, 0.25) is 0 Å². The molecule has 1 aliphatic rings. The molecule has 0 bridgehead atoms. The number of carbonyl (C=O) groups is 1. The van der Waals surface area contributed by atoms with Crippen molar-refractivity contribution in [2.75, 3.05) is 0 Å². The Bertz CT molecular complexity index is 575. The maximum absolute atomic E-state index is 11.0. The van der Waals surface area contributed by atoms with E-state index in [0.29, 0.717) is 5.92 Å². The van der Waals surface area contributed by atoms with Gasteiger partial charge in [-0.3, -0.25) is 5.10 Å². The van der Waals surface area contributed by atoms with E-state index >= 15 is 0 Å². The number of nitrogens with zero attached hydrogens (tertiary/aromatic N) is 1. The lowest BCUT2D eigenvalue weighted by Gasteiger charge is -2.22. The Hall–Kier alpha value is -2.10. The lowest BCUT2D eigenvalue weighted by molar-refractivity contribution is 0.0689. The summed E-state index contributed by atoms with van der Waals surface area (Å²) >= 11 is 0. The zero-order chi connectivity index (χ0) is 12.5. The Kier molecular flexibility index (Phi) is 2.63. The molecule has 0 fully saturated rings.